The van der Waals surface area contributed by atoms with E-state index in [0.29, 0.717) is 42.7 Å². The zero-order chi connectivity index (χ0) is 40.6. The van der Waals surface area contributed by atoms with Gasteiger partial charge >= 0.3 is 6.18 Å². The third-order valence-electron chi connectivity index (χ3n) is 7.89. The summed E-state index contributed by atoms with van der Waals surface area (Å²) in [6.45, 7) is 2.48. The molecule has 0 spiro atoms. The number of halogens is 4. The summed E-state index contributed by atoms with van der Waals surface area (Å²) in [5, 5.41) is -0.584. The van der Waals surface area contributed by atoms with Crippen molar-refractivity contribution in [3.63, 3.8) is 0 Å². The SMILES string of the molecule is [2H]c1c([2H])c(C([2H])([2H])Sc2nc(=O)c3c(n2C([2H])([2H])C(=O)N(CCN(CC)CC)Cc2ccc(-c4ccc(C(F)(F)F)cc4)cc2)CCC3)c([2H])c([2H])c1F. The summed E-state index contributed by atoms with van der Waals surface area (Å²) in [4.78, 5) is 35.0. The highest BCUT2D eigenvalue weighted by molar-refractivity contribution is 7.98. The molecule has 1 aliphatic carbocycles. The van der Waals surface area contributed by atoms with Crippen LogP contribution in [0.1, 0.15) is 59.2 Å². The second-order valence-electron chi connectivity index (χ2n) is 10.8. The predicted molar refractivity (Wildman–Crippen MR) is 177 cm³/mol. The van der Waals surface area contributed by atoms with Crippen molar-refractivity contribution in [3.05, 3.63) is 117 Å². The van der Waals surface area contributed by atoms with Crippen LogP contribution in [0.15, 0.2) is 82.7 Å². The molecule has 0 aliphatic heterocycles. The zero-order valence-electron chi connectivity index (χ0n) is 33.8. The third kappa shape index (κ3) is 8.70. The third-order valence-corrected chi connectivity index (χ3v) is 8.65. The Bertz CT molecular complexity index is 2100. The largest absolute Gasteiger partial charge is 0.416 e. The highest BCUT2D eigenvalue weighted by atomic mass is 32.2. The molecule has 248 valence electrons. The molecule has 1 aromatic heterocycles. The minimum Gasteiger partial charge on any atom is -0.336 e. The molecule has 0 fully saturated rings. The summed E-state index contributed by atoms with van der Waals surface area (Å²) in [7, 11) is 0. The summed E-state index contributed by atoms with van der Waals surface area (Å²) >= 11 is 0.119. The molecule has 0 atom stereocenters. The van der Waals surface area contributed by atoms with Gasteiger partial charge < -0.3 is 14.4 Å². The van der Waals surface area contributed by atoms with E-state index in [1.807, 2.05) is 18.7 Å². The fraction of sp³-hybridized carbons (Fsp3) is 0.361. The second kappa shape index (κ2) is 15.3. The molecule has 1 amide bonds. The molecule has 0 radical (unpaired) electrons. The van der Waals surface area contributed by atoms with Gasteiger partial charge in [0.2, 0.25) is 5.91 Å². The first-order chi connectivity index (χ1) is 25.7. The molecule has 6 nitrogen and oxygen atoms in total. The molecule has 1 heterocycles. The van der Waals surface area contributed by atoms with Crippen molar-refractivity contribution in [1.82, 2.24) is 19.4 Å². The molecule has 11 heteroatoms. The molecule has 0 saturated carbocycles. The molecular formula is C36H38F4N4O2S. The van der Waals surface area contributed by atoms with Gasteiger partial charge in [-0.25, -0.2) is 4.39 Å². The van der Waals surface area contributed by atoms with Crippen molar-refractivity contribution in [2.24, 2.45) is 0 Å². The highest BCUT2D eigenvalue weighted by Gasteiger charge is 2.30. The van der Waals surface area contributed by atoms with E-state index < -0.39 is 76.1 Å². The van der Waals surface area contributed by atoms with E-state index in [1.54, 1.807) is 24.3 Å². The normalized spacial score (nSPS) is 15.9. The minimum atomic E-state index is -4.48. The minimum absolute atomic E-state index is 0.0539. The monoisotopic (exact) mass is 674 g/mol. The number of rotatable bonds is 13. The fourth-order valence-corrected chi connectivity index (χ4v) is 5.92. The molecule has 0 unspecified atom stereocenters. The lowest BCUT2D eigenvalue weighted by molar-refractivity contribution is -0.137. The molecule has 5 rings (SSSR count). The fourth-order valence-electron chi connectivity index (χ4n) is 5.25. The number of fused-ring (bicyclic) bond motifs is 1. The van der Waals surface area contributed by atoms with Gasteiger partial charge in [-0.2, -0.15) is 18.2 Å². The Morgan fingerprint density at radius 2 is 1.60 bits per heavy atom. The number of carbonyl (C=O) groups excluding carboxylic acids is 1. The maximum Gasteiger partial charge on any atom is 0.416 e. The van der Waals surface area contributed by atoms with Gasteiger partial charge in [0, 0.05) is 39.3 Å². The number of hydrogen-bond donors (Lipinski definition) is 0. The second-order valence-corrected chi connectivity index (χ2v) is 11.6. The Morgan fingerprint density at radius 3 is 2.21 bits per heavy atom. The van der Waals surface area contributed by atoms with Gasteiger partial charge in [0.15, 0.2) is 5.16 Å². The average molecular weight is 675 g/mol. The molecule has 3 aromatic carbocycles. The van der Waals surface area contributed by atoms with Crippen LogP contribution < -0.4 is 5.56 Å². The number of benzene rings is 3. The average Bonchev–Trinajstić information content (AvgIpc) is 3.63. The van der Waals surface area contributed by atoms with Crippen molar-refractivity contribution < 1.29 is 33.3 Å². The number of aromatic nitrogens is 2. The standard InChI is InChI=1S/C36H38F4N4O2S/c1-3-42(4-2)20-21-43(22-25-8-12-27(13-9-25)28-14-16-29(17-15-28)36(38,39)40)33(45)23-44-32-7-5-6-31(32)34(46)41-35(44)47-24-26-10-18-30(37)19-11-26/h8-19H,3-7,20-24H2,1-2H3/i10D,11D,18D,19D,23D2,24D2. The van der Waals surface area contributed by atoms with Crippen molar-refractivity contribution in [3.8, 4) is 11.1 Å². The summed E-state index contributed by atoms with van der Waals surface area (Å²) < 4.78 is 123. The van der Waals surface area contributed by atoms with Gasteiger partial charge in [-0.3, -0.25) is 9.59 Å². The lowest BCUT2D eigenvalue weighted by Gasteiger charge is -2.28. The van der Waals surface area contributed by atoms with Crippen LogP contribution in [0.4, 0.5) is 17.6 Å². The van der Waals surface area contributed by atoms with E-state index in [2.05, 4.69) is 4.98 Å². The van der Waals surface area contributed by atoms with Crippen molar-refractivity contribution in [2.45, 2.75) is 63.2 Å². The van der Waals surface area contributed by atoms with Crippen LogP contribution in [0.3, 0.4) is 0 Å². The molecule has 0 N–H and O–H groups in total. The van der Waals surface area contributed by atoms with Crippen molar-refractivity contribution in [2.75, 3.05) is 26.2 Å². The van der Waals surface area contributed by atoms with E-state index in [0.717, 1.165) is 16.7 Å². The van der Waals surface area contributed by atoms with E-state index in [1.165, 1.54) is 17.0 Å². The first-order valence-electron chi connectivity index (χ1n) is 19.1. The Balaban J connectivity index is 1.54. The van der Waals surface area contributed by atoms with Gasteiger partial charge in [-0.1, -0.05) is 74.1 Å². The van der Waals surface area contributed by atoms with Crippen LogP contribution in [0.2, 0.25) is 0 Å². The summed E-state index contributed by atoms with van der Waals surface area (Å²) in [5.74, 6) is -2.52. The summed E-state index contributed by atoms with van der Waals surface area (Å²) in [6, 6.07) is 7.15. The van der Waals surface area contributed by atoms with Crippen LogP contribution in [0, 0.1) is 5.82 Å². The number of amides is 1. The molecule has 4 aromatic rings. The quantitative estimate of drug-likeness (QED) is 0.0852. The summed E-state index contributed by atoms with van der Waals surface area (Å²) in [5.41, 5.74) is -3.32. The number of hydrogen-bond acceptors (Lipinski definition) is 5. The first-order valence-corrected chi connectivity index (χ1v) is 15.9. The van der Waals surface area contributed by atoms with Crippen LogP contribution in [-0.2, 0) is 42.6 Å². The van der Waals surface area contributed by atoms with Crippen molar-refractivity contribution >= 4 is 17.7 Å². The molecular weight excluding hydrogens is 628 g/mol. The van der Waals surface area contributed by atoms with Crippen LogP contribution in [0.5, 0.6) is 0 Å². The van der Waals surface area contributed by atoms with Crippen molar-refractivity contribution in [1.29, 1.82) is 0 Å². The van der Waals surface area contributed by atoms with E-state index in [4.69, 9.17) is 8.22 Å². The Kier molecular flexibility index (Phi) is 8.17. The Labute approximate surface area is 287 Å². The topological polar surface area (TPSA) is 58.4 Å². The number of alkyl halides is 3. The predicted octanol–water partition coefficient (Wildman–Crippen LogP) is 7.22. The van der Waals surface area contributed by atoms with Crippen LogP contribution >= 0.6 is 11.8 Å². The van der Waals surface area contributed by atoms with Crippen LogP contribution in [0.25, 0.3) is 11.1 Å². The van der Waals surface area contributed by atoms with E-state index >= 15 is 0 Å². The molecule has 47 heavy (non-hydrogen) atoms. The zero-order valence-corrected chi connectivity index (χ0v) is 26.6. The van der Waals surface area contributed by atoms with Gasteiger partial charge in [-0.15, -0.1) is 0 Å². The highest BCUT2D eigenvalue weighted by Crippen LogP contribution is 2.31. The molecule has 0 saturated heterocycles. The lowest BCUT2D eigenvalue weighted by Crippen LogP contribution is -2.40. The van der Waals surface area contributed by atoms with Gasteiger partial charge in [0.1, 0.15) is 12.3 Å². The van der Waals surface area contributed by atoms with E-state index in [9.17, 15) is 29.9 Å². The Morgan fingerprint density at radius 1 is 0.957 bits per heavy atom. The maximum absolute atomic E-state index is 14.5. The Hall–Kier alpha value is -3.96. The first kappa shape index (κ1) is 25.1. The molecule has 1 aliphatic rings. The van der Waals surface area contributed by atoms with Gasteiger partial charge in [0.25, 0.3) is 5.56 Å². The lowest BCUT2D eigenvalue weighted by atomic mass is 10.0. The van der Waals surface area contributed by atoms with E-state index in [-0.39, 0.29) is 49.0 Å². The maximum atomic E-state index is 14.5. The van der Waals surface area contributed by atoms with Gasteiger partial charge in [0.05, 0.1) is 13.8 Å². The smallest absolute Gasteiger partial charge is 0.336 e. The number of nitrogens with zero attached hydrogens (tertiary/aromatic N) is 4. The molecule has 0 bridgehead atoms. The number of thioether (sulfide) groups is 1. The van der Waals surface area contributed by atoms with Gasteiger partial charge in [-0.05, 0) is 78.8 Å². The number of carbonyl (C=O) groups is 1. The van der Waals surface area contributed by atoms with Crippen LogP contribution in [-0.4, -0.2) is 51.4 Å². The summed E-state index contributed by atoms with van der Waals surface area (Å²) in [6.07, 6.45) is -3.68. The number of likely N-dealkylation sites (N-methyl/N-ethyl adjacent to an activating group) is 1.